The number of hydrogen-bond donors (Lipinski definition) is 1. The van der Waals surface area contributed by atoms with Gasteiger partial charge in [0.15, 0.2) is 5.69 Å². The summed E-state index contributed by atoms with van der Waals surface area (Å²) in [5, 5.41) is 11.3. The minimum atomic E-state index is -0.295. The lowest BCUT2D eigenvalue weighted by Gasteiger charge is -2.16. The molecule has 132 valence electrons. The van der Waals surface area contributed by atoms with Crippen LogP contribution in [-0.2, 0) is 5.41 Å². The average Bonchev–Trinajstić information content (AvgIpc) is 3.28. The Morgan fingerprint density at radius 1 is 1.19 bits per heavy atom. The van der Waals surface area contributed by atoms with Gasteiger partial charge in [0.1, 0.15) is 5.82 Å². The second kappa shape index (κ2) is 6.53. The number of aromatic nitrogens is 3. The molecule has 1 aromatic heterocycles. The Morgan fingerprint density at radius 2 is 1.92 bits per heavy atom. The highest BCUT2D eigenvalue weighted by Gasteiger charge is 2.44. The molecule has 4 rings (SSSR count). The van der Waals surface area contributed by atoms with Crippen LogP contribution >= 0.6 is 11.6 Å². The van der Waals surface area contributed by atoms with E-state index in [1.54, 1.807) is 30.5 Å². The fourth-order valence-corrected chi connectivity index (χ4v) is 3.21. The lowest BCUT2D eigenvalue weighted by Crippen LogP contribution is -2.32. The normalized spacial score (nSPS) is 14.8. The summed E-state index contributed by atoms with van der Waals surface area (Å²) in [7, 11) is 0. The van der Waals surface area contributed by atoms with Crippen molar-refractivity contribution < 1.29 is 9.18 Å². The van der Waals surface area contributed by atoms with Gasteiger partial charge in [-0.1, -0.05) is 41.1 Å². The van der Waals surface area contributed by atoms with Crippen LogP contribution in [-0.4, -0.2) is 27.4 Å². The van der Waals surface area contributed by atoms with Gasteiger partial charge in [0, 0.05) is 12.0 Å². The fraction of sp³-hybridized carbons (Fsp3) is 0.211. The van der Waals surface area contributed by atoms with Gasteiger partial charge in [-0.2, -0.15) is 0 Å². The number of para-hydroxylation sites is 1. The van der Waals surface area contributed by atoms with Gasteiger partial charge in [-0.05, 0) is 42.7 Å². The topological polar surface area (TPSA) is 59.8 Å². The van der Waals surface area contributed by atoms with Crippen molar-refractivity contribution in [2.75, 3.05) is 6.54 Å². The predicted octanol–water partition coefficient (Wildman–Crippen LogP) is 3.52. The molecule has 0 bridgehead atoms. The van der Waals surface area contributed by atoms with E-state index in [1.807, 2.05) is 12.1 Å². The zero-order valence-electron chi connectivity index (χ0n) is 13.8. The molecule has 1 aliphatic rings. The van der Waals surface area contributed by atoms with Crippen molar-refractivity contribution >= 4 is 17.5 Å². The number of halogens is 2. The average molecular weight is 371 g/mol. The molecule has 1 saturated carbocycles. The monoisotopic (exact) mass is 370 g/mol. The number of carbonyl (C=O) groups excluding carboxylic acids is 1. The zero-order chi connectivity index (χ0) is 18.1. The third-order valence-corrected chi connectivity index (χ3v) is 5.04. The highest BCUT2D eigenvalue weighted by molar-refractivity contribution is 6.32. The highest BCUT2D eigenvalue weighted by Crippen LogP contribution is 2.47. The first-order valence-electron chi connectivity index (χ1n) is 8.29. The number of benzene rings is 2. The van der Waals surface area contributed by atoms with Crippen molar-refractivity contribution in [3.8, 4) is 5.69 Å². The number of rotatable bonds is 5. The van der Waals surface area contributed by atoms with Crippen LogP contribution in [0.3, 0.4) is 0 Å². The molecule has 0 unspecified atom stereocenters. The van der Waals surface area contributed by atoms with E-state index < -0.39 is 0 Å². The molecular formula is C19H16ClFN4O. The lowest BCUT2D eigenvalue weighted by molar-refractivity contribution is 0.0944. The third-order valence-electron chi connectivity index (χ3n) is 4.72. The second-order valence-corrected chi connectivity index (χ2v) is 6.88. The van der Waals surface area contributed by atoms with Gasteiger partial charge in [-0.25, -0.2) is 9.07 Å². The van der Waals surface area contributed by atoms with Gasteiger partial charge in [-0.15, -0.1) is 5.10 Å². The summed E-state index contributed by atoms with van der Waals surface area (Å²) in [6, 6.07) is 13.7. The smallest absolute Gasteiger partial charge is 0.273 e. The van der Waals surface area contributed by atoms with Gasteiger partial charge in [0.25, 0.3) is 5.91 Å². The van der Waals surface area contributed by atoms with Crippen LogP contribution in [0.4, 0.5) is 4.39 Å². The third kappa shape index (κ3) is 3.20. The first-order chi connectivity index (χ1) is 12.6. The highest BCUT2D eigenvalue weighted by atomic mass is 35.5. The molecule has 1 N–H and O–H groups in total. The molecule has 0 radical (unpaired) electrons. The van der Waals surface area contributed by atoms with E-state index in [9.17, 15) is 9.18 Å². The number of nitrogens with zero attached hydrogens (tertiary/aromatic N) is 3. The summed E-state index contributed by atoms with van der Waals surface area (Å²) in [5.41, 5.74) is 1.81. The maximum atomic E-state index is 13.1. The summed E-state index contributed by atoms with van der Waals surface area (Å²) < 4.78 is 14.6. The van der Waals surface area contributed by atoms with Crippen LogP contribution < -0.4 is 5.32 Å². The Hall–Kier alpha value is -2.73. The van der Waals surface area contributed by atoms with Gasteiger partial charge < -0.3 is 5.32 Å². The molecule has 1 heterocycles. The number of carbonyl (C=O) groups is 1. The van der Waals surface area contributed by atoms with E-state index in [0.29, 0.717) is 17.3 Å². The van der Waals surface area contributed by atoms with Crippen molar-refractivity contribution in [2.45, 2.75) is 18.3 Å². The first kappa shape index (κ1) is 16.7. The van der Waals surface area contributed by atoms with E-state index in [4.69, 9.17) is 11.6 Å². The molecule has 0 aliphatic heterocycles. The predicted molar refractivity (Wildman–Crippen MR) is 96.0 cm³/mol. The van der Waals surface area contributed by atoms with Crippen molar-refractivity contribution in [1.82, 2.24) is 20.3 Å². The van der Waals surface area contributed by atoms with Gasteiger partial charge >= 0.3 is 0 Å². The Kier molecular flexibility index (Phi) is 4.20. The minimum Gasteiger partial charge on any atom is -0.350 e. The van der Waals surface area contributed by atoms with Crippen LogP contribution in [0.2, 0.25) is 5.02 Å². The molecule has 0 spiro atoms. The lowest BCUT2D eigenvalue weighted by atomic mass is 9.96. The second-order valence-electron chi connectivity index (χ2n) is 6.47. The fourth-order valence-electron chi connectivity index (χ4n) is 2.98. The molecule has 26 heavy (non-hydrogen) atoms. The molecule has 2 aromatic carbocycles. The Balaban J connectivity index is 1.45. The summed E-state index contributed by atoms with van der Waals surface area (Å²) >= 11 is 6.14. The van der Waals surface area contributed by atoms with Gasteiger partial charge in [0.05, 0.1) is 16.9 Å². The Bertz CT molecular complexity index is 950. The molecule has 3 aromatic rings. The number of amides is 1. The van der Waals surface area contributed by atoms with Crippen LogP contribution in [0.1, 0.15) is 28.9 Å². The molecule has 0 saturated heterocycles. The Morgan fingerprint density at radius 3 is 2.62 bits per heavy atom. The molecule has 1 amide bonds. The SMILES string of the molecule is O=C(NCC1(c2ccc(F)cc2)CC1)c1cn(-c2ccccc2Cl)nn1. The first-order valence-corrected chi connectivity index (χ1v) is 8.67. The van der Waals surface area contributed by atoms with Crippen molar-refractivity contribution in [1.29, 1.82) is 0 Å². The van der Waals surface area contributed by atoms with Crippen LogP contribution in [0, 0.1) is 5.82 Å². The molecule has 0 atom stereocenters. The van der Waals surface area contributed by atoms with Gasteiger partial charge in [-0.3, -0.25) is 4.79 Å². The zero-order valence-corrected chi connectivity index (χ0v) is 14.6. The maximum Gasteiger partial charge on any atom is 0.273 e. The van der Waals surface area contributed by atoms with E-state index in [-0.39, 0.29) is 22.8 Å². The van der Waals surface area contributed by atoms with E-state index >= 15 is 0 Å². The van der Waals surface area contributed by atoms with Crippen LogP contribution in [0.5, 0.6) is 0 Å². The van der Waals surface area contributed by atoms with Crippen molar-refractivity contribution in [3.63, 3.8) is 0 Å². The largest absolute Gasteiger partial charge is 0.350 e. The molecule has 1 aliphatic carbocycles. The quantitative estimate of drug-likeness (QED) is 0.747. The van der Waals surface area contributed by atoms with Crippen LogP contribution in [0.15, 0.2) is 54.7 Å². The summed E-state index contributed by atoms with van der Waals surface area (Å²) in [6.45, 7) is 0.483. The Labute approximate surface area is 154 Å². The van der Waals surface area contributed by atoms with E-state index in [2.05, 4.69) is 15.6 Å². The van der Waals surface area contributed by atoms with E-state index in [1.165, 1.54) is 16.8 Å². The minimum absolute atomic E-state index is 0.109. The van der Waals surface area contributed by atoms with Crippen LogP contribution in [0.25, 0.3) is 5.69 Å². The summed E-state index contributed by atoms with van der Waals surface area (Å²) in [5.74, 6) is -0.554. The molecule has 7 heteroatoms. The maximum absolute atomic E-state index is 13.1. The molecule has 5 nitrogen and oxygen atoms in total. The van der Waals surface area contributed by atoms with Crippen molar-refractivity contribution in [2.24, 2.45) is 0 Å². The van der Waals surface area contributed by atoms with Gasteiger partial charge in [0.2, 0.25) is 0 Å². The molecule has 1 fully saturated rings. The summed E-state index contributed by atoms with van der Waals surface area (Å²) in [6.07, 6.45) is 3.48. The molecular weight excluding hydrogens is 355 g/mol. The summed E-state index contributed by atoms with van der Waals surface area (Å²) in [4.78, 5) is 12.4. The number of nitrogens with one attached hydrogen (secondary N) is 1. The standard InChI is InChI=1S/C19H16ClFN4O/c20-15-3-1-2-4-17(15)25-11-16(23-24-25)18(26)22-12-19(9-10-19)13-5-7-14(21)8-6-13/h1-8,11H,9-10,12H2,(H,22,26). The van der Waals surface area contributed by atoms with E-state index in [0.717, 1.165) is 18.4 Å². The number of hydrogen-bond acceptors (Lipinski definition) is 3. The van der Waals surface area contributed by atoms with Crippen molar-refractivity contribution in [3.05, 3.63) is 76.8 Å².